The minimum absolute atomic E-state index is 0.0607. The Labute approximate surface area is 117 Å². The highest BCUT2D eigenvalue weighted by Crippen LogP contribution is 2.23. The van der Waals surface area contributed by atoms with Crippen LogP contribution in [0.15, 0.2) is 11.8 Å². The van der Waals surface area contributed by atoms with Crippen molar-refractivity contribution in [1.29, 1.82) is 0 Å². The molecule has 0 aliphatic carbocycles. The number of carbonyl (C=O) groups excluding carboxylic acids is 1. The summed E-state index contributed by atoms with van der Waals surface area (Å²) >= 11 is 0. The Morgan fingerprint density at radius 2 is 1.84 bits per heavy atom. The molecule has 110 valence electrons. The maximum atomic E-state index is 11.8. The molecule has 0 saturated carbocycles. The lowest BCUT2D eigenvalue weighted by Gasteiger charge is -2.18. The Hall–Kier alpha value is -0.830. The number of ketones is 1. The lowest BCUT2D eigenvalue weighted by Crippen LogP contribution is -2.31. The van der Waals surface area contributed by atoms with E-state index in [4.69, 9.17) is 4.74 Å². The van der Waals surface area contributed by atoms with Gasteiger partial charge in [0.1, 0.15) is 5.76 Å². The van der Waals surface area contributed by atoms with E-state index in [1.54, 1.807) is 6.08 Å². The van der Waals surface area contributed by atoms with Crippen LogP contribution < -0.4 is 0 Å². The first-order chi connectivity index (χ1) is 9.19. The largest absolute Gasteiger partial charge is 0.484 e. The van der Waals surface area contributed by atoms with E-state index in [1.165, 1.54) is 19.3 Å². The lowest BCUT2D eigenvalue weighted by atomic mass is 10.0. The second kappa shape index (κ2) is 9.13. The molecule has 0 spiro atoms. The van der Waals surface area contributed by atoms with Crippen LogP contribution in [0.2, 0.25) is 0 Å². The van der Waals surface area contributed by atoms with Gasteiger partial charge in [-0.15, -0.1) is 0 Å². The van der Waals surface area contributed by atoms with Gasteiger partial charge in [0.15, 0.2) is 6.10 Å². The van der Waals surface area contributed by atoms with Crippen molar-refractivity contribution in [3.05, 3.63) is 11.8 Å². The third kappa shape index (κ3) is 5.77. The zero-order chi connectivity index (χ0) is 14.1. The Kier molecular flexibility index (Phi) is 7.80. The first kappa shape index (κ1) is 16.2. The summed E-state index contributed by atoms with van der Waals surface area (Å²) in [7, 11) is 0. The fraction of sp³-hybridized carbons (Fsp3) is 0.812. The topological polar surface area (TPSA) is 46.5 Å². The molecule has 0 fully saturated rings. The number of rotatable bonds is 10. The predicted octanol–water partition coefficient (Wildman–Crippen LogP) is 3.75. The summed E-state index contributed by atoms with van der Waals surface area (Å²) in [5.74, 6) is 0.704. The Morgan fingerprint density at radius 3 is 2.53 bits per heavy atom. The van der Waals surface area contributed by atoms with E-state index in [-0.39, 0.29) is 5.78 Å². The van der Waals surface area contributed by atoms with Crippen LogP contribution in [0.1, 0.15) is 71.6 Å². The van der Waals surface area contributed by atoms with Crippen molar-refractivity contribution < 1.29 is 14.6 Å². The van der Waals surface area contributed by atoms with Gasteiger partial charge in [-0.2, -0.15) is 0 Å². The van der Waals surface area contributed by atoms with E-state index in [2.05, 4.69) is 13.8 Å². The van der Waals surface area contributed by atoms with Gasteiger partial charge in [0.05, 0.1) is 6.10 Å². The van der Waals surface area contributed by atoms with Crippen LogP contribution in [0.5, 0.6) is 0 Å². The SMILES string of the molecule is CCCCCCC1=CC(=O)C(C(O)CCCCC)O1. The number of ether oxygens (including phenoxy) is 1. The van der Waals surface area contributed by atoms with Gasteiger partial charge in [-0.25, -0.2) is 0 Å². The first-order valence-corrected chi connectivity index (χ1v) is 7.78. The van der Waals surface area contributed by atoms with Crippen LogP contribution in [-0.4, -0.2) is 23.1 Å². The van der Waals surface area contributed by atoms with Gasteiger partial charge in [-0.3, -0.25) is 4.79 Å². The average Bonchev–Trinajstić information content (AvgIpc) is 2.76. The van der Waals surface area contributed by atoms with Crippen molar-refractivity contribution in [2.24, 2.45) is 0 Å². The number of aliphatic hydroxyl groups excluding tert-OH is 1. The molecule has 0 saturated heterocycles. The smallest absolute Gasteiger partial charge is 0.202 e. The average molecular weight is 268 g/mol. The molecule has 0 radical (unpaired) electrons. The van der Waals surface area contributed by atoms with Gasteiger partial charge in [-0.1, -0.05) is 52.4 Å². The second-order valence-electron chi connectivity index (χ2n) is 5.43. The molecule has 2 unspecified atom stereocenters. The standard InChI is InChI=1S/C16H28O3/c1-3-5-7-9-10-13-12-15(18)16(19-13)14(17)11-8-6-4-2/h12,14,16-17H,3-11H2,1-2H3. The second-order valence-corrected chi connectivity index (χ2v) is 5.43. The van der Waals surface area contributed by atoms with Crippen LogP contribution in [0.4, 0.5) is 0 Å². The normalized spacial score (nSPS) is 20.3. The van der Waals surface area contributed by atoms with E-state index in [0.29, 0.717) is 6.42 Å². The summed E-state index contributed by atoms with van der Waals surface area (Å²) in [6.07, 6.45) is 9.60. The molecule has 3 heteroatoms. The molecule has 0 aromatic heterocycles. The van der Waals surface area contributed by atoms with Crippen molar-refractivity contribution in [3.63, 3.8) is 0 Å². The number of unbranched alkanes of at least 4 members (excludes halogenated alkanes) is 5. The van der Waals surface area contributed by atoms with E-state index in [1.807, 2.05) is 0 Å². The quantitative estimate of drug-likeness (QED) is 0.614. The molecule has 1 N–H and O–H groups in total. The fourth-order valence-electron chi connectivity index (χ4n) is 2.38. The van der Waals surface area contributed by atoms with E-state index in [0.717, 1.165) is 37.9 Å². The highest BCUT2D eigenvalue weighted by Gasteiger charge is 2.32. The number of aliphatic hydroxyl groups is 1. The number of hydrogen-bond acceptors (Lipinski definition) is 3. The summed E-state index contributed by atoms with van der Waals surface area (Å²) in [5, 5.41) is 9.99. The highest BCUT2D eigenvalue weighted by molar-refractivity contribution is 5.96. The maximum absolute atomic E-state index is 11.8. The molecular formula is C16H28O3. The van der Waals surface area contributed by atoms with E-state index >= 15 is 0 Å². The van der Waals surface area contributed by atoms with Gasteiger partial charge in [0, 0.05) is 12.5 Å². The summed E-state index contributed by atoms with van der Waals surface area (Å²) < 4.78 is 5.61. The molecule has 2 atom stereocenters. The first-order valence-electron chi connectivity index (χ1n) is 7.78. The summed E-state index contributed by atoms with van der Waals surface area (Å²) in [5.41, 5.74) is 0. The minimum atomic E-state index is -0.650. The van der Waals surface area contributed by atoms with Crippen LogP contribution in [0.25, 0.3) is 0 Å². The summed E-state index contributed by atoms with van der Waals surface area (Å²) in [6, 6.07) is 0. The van der Waals surface area contributed by atoms with Crippen molar-refractivity contribution in [2.45, 2.75) is 83.8 Å². The maximum Gasteiger partial charge on any atom is 0.202 e. The molecule has 0 amide bonds. The van der Waals surface area contributed by atoms with Crippen LogP contribution in [0, 0.1) is 0 Å². The van der Waals surface area contributed by atoms with E-state index in [9.17, 15) is 9.90 Å². The molecule has 19 heavy (non-hydrogen) atoms. The van der Waals surface area contributed by atoms with Gasteiger partial charge in [-0.05, 0) is 12.8 Å². The minimum Gasteiger partial charge on any atom is -0.484 e. The molecule has 1 aliphatic rings. The van der Waals surface area contributed by atoms with Crippen molar-refractivity contribution in [3.8, 4) is 0 Å². The molecule has 0 bridgehead atoms. The van der Waals surface area contributed by atoms with Crippen molar-refractivity contribution in [2.75, 3.05) is 0 Å². The molecule has 0 aromatic rings. The zero-order valence-electron chi connectivity index (χ0n) is 12.4. The zero-order valence-corrected chi connectivity index (χ0v) is 12.4. The monoisotopic (exact) mass is 268 g/mol. The number of carbonyl (C=O) groups is 1. The highest BCUT2D eigenvalue weighted by atomic mass is 16.5. The van der Waals surface area contributed by atoms with Gasteiger partial charge < -0.3 is 9.84 Å². The van der Waals surface area contributed by atoms with Crippen LogP contribution in [-0.2, 0) is 9.53 Å². The third-order valence-corrected chi connectivity index (χ3v) is 3.59. The summed E-state index contributed by atoms with van der Waals surface area (Å²) in [4.78, 5) is 11.8. The molecule has 1 rings (SSSR count). The fourth-order valence-corrected chi connectivity index (χ4v) is 2.38. The molecule has 3 nitrogen and oxygen atoms in total. The van der Waals surface area contributed by atoms with Gasteiger partial charge in [0.2, 0.25) is 5.78 Å². The molecule has 1 aliphatic heterocycles. The van der Waals surface area contributed by atoms with Crippen LogP contribution >= 0.6 is 0 Å². The van der Waals surface area contributed by atoms with Crippen molar-refractivity contribution >= 4 is 5.78 Å². The predicted molar refractivity (Wildman–Crippen MR) is 76.9 cm³/mol. The molecule has 1 heterocycles. The van der Waals surface area contributed by atoms with Crippen molar-refractivity contribution in [1.82, 2.24) is 0 Å². The third-order valence-electron chi connectivity index (χ3n) is 3.59. The lowest BCUT2D eigenvalue weighted by molar-refractivity contribution is -0.126. The summed E-state index contributed by atoms with van der Waals surface area (Å²) in [6.45, 7) is 4.30. The van der Waals surface area contributed by atoms with Gasteiger partial charge >= 0.3 is 0 Å². The molecular weight excluding hydrogens is 240 g/mol. The number of hydrogen-bond donors (Lipinski definition) is 1. The Morgan fingerprint density at radius 1 is 1.16 bits per heavy atom. The van der Waals surface area contributed by atoms with Crippen LogP contribution in [0.3, 0.4) is 0 Å². The Bertz CT molecular complexity index is 296. The van der Waals surface area contributed by atoms with Gasteiger partial charge in [0.25, 0.3) is 0 Å². The van der Waals surface area contributed by atoms with E-state index < -0.39 is 12.2 Å². The number of allylic oxidation sites excluding steroid dienone is 1. The molecule has 0 aromatic carbocycles. The Balaban J connectivity index is 2.27.